The van der Waals surface area contributed by atoms with Crippen molar-refractivity contribution in [2.45, 2.75) is 52.7 Å². The van der Waals surface area contributed by atoms with E-state index in [0.717, 1.165) is 11.1 Å². The first kappa shape index (κ1) is 13.6. The molecule has 100 valence electrons. The molecule has 2 heteroatoms. The Morgan fingerprint density at radius 2 is 1.78 bits per heavy atom. The summed E-state index contributed by atoms with van der Waals surface area (Å²) in [6, 6.07) is 4.27. The summed E-state index contributed by atoms with van der Waals surface area (Å²) in [5, 5.41) is 10.6. The van der Waals surface area contributed by atoms with Crippen LogP contribution in [0.2, 0.25) is 0 Å². The molecule has 0 amide bonds. The first-order valence-electron chi connectivity index (χ1n) is 6.92. The van der Waals surface area contributed by atoms with Gasteiger partial charge >= 0.3 is 0 Å². The van der Waals surface area contributed by atoms with Crippen molar-refractivity contribution in [2.24, 2.45) is 5.92 Å². The van der Waals surface area contributed by atoms with Crippen molar-refractivity contribution in [3.63, 3.8) is 0 Å². The molecule has 1 saturated carbocycles. The van der Waals surface area contributed by atoms with Gasteiger partial charge in [-0.25, -0.2) is 0 Å². The molecule has 1 aliphatic rings. The van der Waals surface area contributed by atoms with Gasteiger partial charge in [0.15, 0.2) is 0 Å². The van der Waals surface area contributed by atoms with Crippen LogP contribution in [0, 0.1) is 26.7 Å². The van der Waals surface area contributed by atoms with Crippen molar-refractivity contribution in [3.8, 4) is 0 Å². The zero-order valence-electron chi connectivity index (χ0n) is 11.9. The van der Waals surface area contributed by atoms with Crippen LogP contribution >= 0.6 is 0 Å². The minimum Gasteiger partial charge on any atom is -0.386 e. The quantitative estimate of drug-likeness (QED) is 0.864. The number of ether oxygens (including phenoxy) is 1. The fourth-order valence-corrected chi connectivity index (χ4v) is 2.58. The zero-order chi connectivity index (χ0) is 13.3. The van der Waals surface area contributed by atoms with Crippen LogP contribution in [-0.2, 0) is 4.74 Å². The van der Waals surface area contributed by atoms with E-state index in [4.69, 9.17) is 4.74 Å². The van der Waals surface area contributed by atoms with E-state index in [1.54, 1.807) is 0 Å². The molecule has 2 atom stereocenters. The minimum atomic E-state index is -0.489. The second kappa shape index (κ2) is 5.41. The third-order valence-corrected chi connectivity index (χ3v) is 3.96. The number of aryl methyl sites for hydroxylation is 3. The predicted octanol–water partition coefficient (Wildman–Crippen LogP) is 3.46. The molecule has 2 nitrogen and oxygen atoms in total. The largest absolute Gasteiger partial charge is 0.386 e. The van der Waals surface area contributed by atoms with E-state index >= 15 is 0 Å². The van der Waals surface area contributed by atoms with Crippen molar-refractivity contribution in [1.29, 1.82) is 0 Å². The third kappa shape index (κ3) is 2.76. The van der Waals surface area contributed by atoms with Crippen LogP contribution in [0.3, 0.4) is 0 Å². The molecule has 1 aromatic rings. The predicted molar refractivity (Wildman–Crippen MR) is 73.8 cm³/mol. The lowest BCUT2D eigenvalue weighted by atomic mass is 9.93. The number of aliphatic hydroxyl groups is 1. The summed E-state index contributed by atoms with van der Waals surface area (Å²) >= 11 is 0. The first-order chi connectivity index (χ1) is 8.54. The van der Waals surface area contributed by atoms with Gasteiger partial charge in [0, 0.05) is 6.61 Å². The lowest BCUT2D eigenvalue weighted by Gasteiger charge is -2.25. The third-order valence-electron chi connectivity index (χ3n) is 3.96. The molecular weight excluding hydrogens is 224 g/mol. The summed E-state index contributed by atoms with van der Waals surface area (Å²) in [5.74, 6) is 0.543. The van der Waals surface area contributed by atoms with Gasteiger partial charge in [0.25, 0.3) is 0 Å². The highest BCUT2D eigenvalue weighted by atomic mass is 16.5. The monoisotopic (exact) mass is 248 g/mol. The van der Waals surface area contributed by atoms with E-state index in [1.165, 1.54) is 24.0 Å². The number of hydrogen-bond acceptors (Lipinski definition) is 2. The highest BCUT2D eigenvalue weighted by Crippen LogP contribution is 2.40. The molecule has 0 heterocycles. The molecule has 18 heavy (non-hydrogen) atoms. The number of aliphatic hydroxyl groups excluding tert-OH is 1. The number of hydrogen-bond donors (Lipinski definition) is 1. The van der Waals surface area contributed by atoms with E-state index in [9.17, 15) is 5.11 Å². The van der Waals surface area contributed by atoms with Gasteiger partial charge < -0.3 is 9.84 Å². The summed E-state index contributed by atoms with van der Waals surface area (Å²) < 4.78 is 5.76. The Morgan fingerprint density at radius 3 is 2.33 bits per heavy atom. The molecule has 1 aliphatic carbocycles. The minimum absolute atomic E-state index is 0.0317. The van der Waals surface area contributed by atoms with Crippen LogP contribution in [0.5, 0.6) is 0 Å². The van der Waals surface area contributed by atoms with E-state index in [-0.39, 0.29) is 6.10 Å². The Labute approximate surface area is 110 Å². The van der Waals surface area contributed by atoms with Crippen molar-refractivity contribution < 1.29 is 9.84 Å². The van der Waals surface area contributed by atoms with Gasteiger partial charge in [-0.05, 0) is 68.7 Å². The fourth-order valence-electron chi connectivity index (χ4n) is 2.58. The van der Waals surface area contributed by atoms with E-state index in [1.807, 2.05) is 6.92 Å². The number of benzene rings is 1. The summed E-state index contributed by atoms with van der Waals surface area (Å²) in [6.45, 7) is 8.94. The molecule has 0 spiro atoms. The molecule has 2 rings (SSSR count). The lowest BCUT2D eigenvalue weighted by Crippen LogP contribution is -2.25. The van der Waals surface area contributed by atoms with Crippen molar-refractivity contribution in [2.75, 3.05) is 6.61 Å². The van der Waals surface area contributed by atoms with Crippen LogP contribution < -0.4 is 0 Å². The van der Waals surface area contributed by atoms with E-state index in [2.05, 4.69) is 32.9 Å². The normalized spacial score (nSPS) is 18.7. The summed E-state index contributed by atoms with van der Waals surface area (Å²) in [7, 11) is 0. The van der Waals surface area contributed by atoms with Crippen molar-refractivity contribution in [1.82, 2.24) is 0 Å². The average molecular weight is 248 g/mol. The smallest absolute Gasteiger partial charge is 0.106 e. The molecule has 0 aromatic heterocycles. The molecule has 0 radical (unpaired) electrons. The van der Waals surface area contributed by atoms with Gasteiger partial charge in [0.1, 0.15) is 6.10 Å². The molecule has 1 N–H and O–H groups in total. The highest BCUT2D eigenvalue weighted by Gasteiger charge is 2.37. The van der Waals surface area contributed by atoms with Crippen LogP contribution in [-0.4, -0.2) is 17.8 Å². The molecular formula is C16H24O2. The maximum atomic E-state index is 10.6. The average Bonchev–Trinajstić information content (AvgIpc) is 3.14. The summed E-state index contributed by atoms with van der Waals surface area (Å²) in [6.07, 6.45) is 1.85. The van der Waals surface area contributed by atoms with Crippen LogP contribution in [0.4, 0.5) is 0 Å². The second-order valence-corrected chi connectivity index (χ2v) is 5.50. The molecule has 0 saturated heterocycles. The van der Waals surface area contributed by atoms with E-state index < -0.39 is 6.10 Å². The van der Waals surface area contributed by atoms with Gasteiger partial charge in [-0.15, -0.1) is 0 Å². The van der Waals surface area contributed by atoms with Gasteiger partial charge in [-0.3, -0.25) is 0 Å². The van der Waals surface area contributed by atoms with Crippen LogP contribution in [0.25, 0.3) is 0 Å². The fraction of sp³-hybridized carbons (Fsp3) is 0.625. The Bertz CT molecular complexity index is 421. The first-order valence-corrected chi connectivity index (χ1v) is 6.92. The van der Waals surface area contributed by atoms with Crippen LogP contribution in [0.15, 0.2) is 12.1 Å². The highest BCUT2D eigenvalue weighted by molar-refractivity contribution is 5.38. The maximum absolute atomic E-state index is 10.6. The van der Waals surface area contributed by atoms with Gasteiger partial charge in [0.05, 0.1) is 6.10 Å². The topological polar surface area (TPSA) is 29.5 Å². The molecule has 2 unspecified atom stereocenters. The second-order valence-electron chi connectivity index (χ2n) is 5.50. The van der Waals surface area contributed by atoms with Gasteiger partial charge in [-0.2, -0.15) is 0 Å². The summed E-state index contributed by atoms with van der Waals surface area (Å²) in [5.41, 5.74) is 4.71. The SMILES string of the molecule is CCOC(C1CC1)C(O)c1cc(C)c(C)cc1C. The molecule has 1 aromatic carbocycles. The zero-order valence-corrected chi connectivity index (χ0v) is 11.9. The molecule has 0 bridgehead atoms. The lowest BCUT2D eigenvalue weighted by molar-refractivity contribution is -0.0464. The van der Waals surface area contributed by atoms with Crippen LogP contribution in [0.1, 0.15) is 48.1 Å². The Morgan fingerprint density at radius 1 is 1.17 bits per heavy atom. The number of rotatable bonds is 5. The summed E-state index contributed by atoms with van der Waals surface area (Å²) in [4.78, 5) is 0. The van der Waals surface area contributed by atoms with E-state index in [0.29, 0.717) is 12.5 Å². The Balaban J connectivity index is 2.25. The molecule has 0 aliphatic heterocycles. The Kier molecular flexibility index (Phi) is 4.08. The maximum Gasteiger partial charge on any atom is 0.106 e. The van der Waals surface area contributed by atoms with Crippen molar-refractivity contribution in [3.05, 3.63) is 34.4 Å². The van der Waals surface area contributed by atoms with Gasteiger partial charge in [-0.1, -0.05) is 12.1 Å². The Hall–Kier alpha value is -0.860. The van der Waals surface area contributed by atoms with Crippen molar-refractivity contribution >= 4 is 0 Å². The molecule has 1 fully saturated rings. The standard InChI is InChI=1S/C16H24O2/c1-5-18-16(13-6-7-13)15(17)14-9-11(3)10(2)8-12(14)4/h8-9,13,15-17H,5-7H2,1-4H3. The van der Waals surface area contributed by atoms with Gasteiger partial charge in [0.2, 0.25) is 0 Å².